The molecule has 0 aliphatic carbocycles. The van der Waals surface area contributed by atoms with Gasteiger partial charge in [-0.2, -0.15) is 0 Å². The molecule has 0 radical (unpaired) electrons. The van der Waals surface area contributed by atoms with Crippen LogP contribution in [0.15, 0.2) is 29.2 Å². The summed E-state index contributed by atoms with van der Waals surface area (Å²) in [5.74, 6) is 2.71. The van der Waals surface area contributed by atoms with Gasteiger partial charge in [0.1, 0.15) is 5.75 Å². The quantitative estimate of drug-likeness (QED) is 0.792. The summed E-state index contributed by atoms with van der Waals surface area (Å²) in [5, 5.41) is 3.54. The summed E-state index contributed by atoms with van der Waals surface area (Å²) in [7, 11) is 1.73. The smallest absolute Gasteiger partial charge is 0.132 e. The molecule has 1 N–H and O–H groups in total. The molecule has 0 amide bonds. The Hall–Kier alpha value is -0.670. The summed E-state index contributed by atoms with van der Waals surface area (Å²) >= 11 is 1.87. The van der Waals surface area contributed by atoms with Crippen LogP contribution in [-0.4, -0.2) is 24.9 Å². The van der Waals surface area contributed by atoms with E-state index >= 15 is 0 Å². The van der Waals surface area contributed by atoms with Crippen molar-refractivity contribution in [3.05, 3.63) is 24.3 Å². The van der Waals surface area contributed by atoms with E-state index in [1.54, 1.807) is 7.11 Å². The van der Waals surface area contributed by atoms with Crippen LogP contribution in [0, 0.1) is 5.92 Å². The molecule has 1 rings (SSSR count). The molecule has 1 aromatic rings. The van der Waals surface area contributed by atoms with E-state index in [9.17, 15) is 0 Å². The zero-order valence-corrected chi connectivity index (χ0v) is 12.9. The molecule has 3 heteroatoms. The van der Waals surface area contributed by atoms with Crippen LogP contribution in [0.25, 0.3) is 0 Å². The molecule has 0 aromatic heterocycles. The maximum Gasteiger partial charge on any atom is 0.132 e. The molecule has 0 spiro atoms. The molecular formula is C15H25NOS. The van der Waals surface area contributed by atoms with Gasteiger partial charge in [0.2, 0.25) is 0 Å². The Kier molecular flexibility index (Phi) is 6.03. The standard InChI is InChI=1S/C15H25NOS/c1-12(10-16-15(2,3)4)11-18-14-9-7-6-8-13(14)17-5/h6-9,12,16H,10-11H2,1-5H3. The maximum atomic E-state index is 5.36. The molecular weight excluding hydrogens is 242 g/mol. The molecule has 2 nitrogen and oxygen atoms in total. The Labute approximate surface area is 116 Å². The largest absolute Gasteiger partial charge is 0.496 e. The number of rotatable bonds is 6. The third-order valence-corrected chi connectivity index (χ3v) is 3.96. The van der Waals surface area contributed by atoms with E-state index < -0.39 is 0 Å². The van der Waals surface area contributed by atoms with Crippen molar-refractivity contribution >= 4 is 11.8 Å². The number of para-hydroxylation sites is 1. The van der Waals surface area contributed by atoms with E-state index in [-0.39, 0.29) is 5.54 Å². The third kappa shape index (κ3) is 5.78. The number of methoxy groups -OCH3 is 1. The van der Waals surface area contributed by atoms with Crippen molar-refractivity contribution in [1.82, 2.24) is 5.32 Å². The number of hydrogen-bond donors (Lipinski definition) is 1. The Morgan fingerprint density at radius 2 is 1.94 bits per heavy atom. The van der Waals surface area contributed by atoms with Crippen molar-refractivity contribution in [2.24, 2.45) is 5.92 Å². The van der Waals surface area contributed by atoms with Crippen LogP contribution in [0.5, 0.6) is 5.75 Å². The normalized spacial score (nSPS) is 13.4. The van der Waals surface area contributed by atoms with Crippen molar-refractivity contribution in [3.63, 3.8) is 0 Å². The average Bonchev–Trinajstić information content (AvgIpc) is 2.33. The lowest BCUT2D eigenvalue weighted by Crippen LogP contribution is -2.39. The lowest BCUT2D eigenvalue weighted by atomic mass is 10.1. The lowest BCUT2D eigenvalue weighted by molar-refractivity contribution is 0.395. The molecule has 0 saturated carbocycles. The second kappa shape index (κ2) is 7.05. The molecule has 0 saturated heterocycles. The Balaban J connectivity index is 2.40. The highest BCUT2D eigenvalue weighted by atomic mass is 32.2. The lowest BCUT2D eigenvalue weighted by Gasteiger charge is -2.23. The van der Waals surface area contributed by atoms with Crippen LogP contribution < -0.4 is 10.1 Å². The van der Waals surface area contributed by atoms with E-state index in [4.69, 9.17) is 4.74 Å². The molecule has 0 bridgehead atoms. The van der Waals surface area contributed by atoms with E-state index in [0.29, 0.717) is 5.92 Å². The van der Waals surface area contributed by atoms with Gasteiger partial charge >= 0.3 is 0 Å². The first kappa shape index (κ1) is 15.4. The number of nitrogens with one attached hydrogen (secondary N) is 1. The molecule has 1 aromatic carbocycles. The van der Waals surface area contributed by atoms with Gasteiger partial charge in [0.15, 0.2) is 0 Å². The van der Waals surface area contributed by atoms with Crippen LogP contribution in [0.4, 0.5) is 0 Å². The first-order chi connectivity index (χ1) is 8.42. The number of thioether (sulfide) groups is 1. The van der Waals surface area contributed by atoms with Crippen LogP contribution in [0.3, 0.4) is 0 Å². The van der Waals surface area contributed by atoms with Gasteiger partial charge in [0.05, 0.1) is 7.11 Å². The molecule has 102 valence electrons. The Morgan fingerprint density at radius 3 is 2.56 bits per heavy atom. The van der Waals surface area contributed by atoms with Gasteiger partial charge in [0, 0.05) is 16.2 Å². The number of benzene rings is 1. The highest BCUT2D eigenvalue weighted by Gasteiger charge is 2.12. The Bertz CT molecular complexity index is 360. The maximum absolute atomic E-state index is 5.36. The topological polar surface area (TPSA) is 21.3 Å². The van der Waals surface area contributed by atoms with Gasteiger partial charge < -0.3 is 10.1 Å². The molecule has 1 unspecified atom stereocenters. The summed E-state index contributed by atoms with van der Waals surface area (Å²) in [4.78, 5) is 1.22. The molecule has 18 heavy (non-hydrogen) atoms. The molecule has 0 heterocycles. The van der Waals surface area contributed by atoms with Crippen molar-refractivity contribution < 1.29 is 4.74 Å². The van der Waals surface area contributed by atoms with Crippen LogP contribution in [0.1, 0.15) is 27.7 Å². The van der Waals surface area contributed by atoms with Crippen LogP contribution in [-0.2, 0) is 0 Å². The van der Waals surface area contributed by atoms with Crippen LogP contribution >= 0.6 is 11.8 Å². The second-order valence-corrected chi connectivity index (χ2v) is 6.76. The Morgan fingerprint density at radius 1 is 1.28 bits per heavy atom. The average molecular weight is 267 g/mol. The molecule has 0 fully saturated rings. The summed E-state index contributed by atoms with van der Waals surface area (Å²) in [6.45, 7) is 9.93. The van der Waals surface area contributed by atoms with Crippen molar-refractivity contribution in [2.45, 2.75) is 38.1 Å². The SMILES string of the molecule is COc1ccccc1SCC(C)CNC(C)(C)C. The minimum atomic E-state index is 0.198. The second-order valence-electron chi connectivity index (χ2n) is 5.70. The van der Waals surface area contributed by atoms with Gasteiger partial charge in [-0.15, -0.1) is 11.8 Å². The van der Waals surface area contributed by atoms with Gasteiger partial charge in [-0.1, -0.05) is 19.1 Å². The van der Waals surface area contributed by atoms with Crippen LogP contribution in [0.2, 0.25) is 0 Å². The van der Waals surface area contributed by atoms with Crippen molar-refractivity contribution in [1.29, 1.82) is 0 Å². The predicted octanol–water partition coefficient (Wildman–Crippen LogP) is 3.81. The monoisotopic (exact) mass is 267 g/mol. The molecule has 0 aliphatic rings. The zero-order valence-electron chi connectivity index (χ0n) is 12.1. The van der Waals surface area contributed by atoms with E-state index in [0.717, 1.165) is 18.0 Å². The highest BCUT2D eigenvalue weighted by Crippen LogP contribution is 2.29. The molecule has 1 atom stereocenters. The summed E-state index contributed by atoms with van der Waals surface area (Å²) in [6.07, 6.45) is 0. The van der Waals surface area contributed by atoms with Gasteiger partial charge in [0.25, 0.3) is 0 Å². The predicted molar refractivity (Wildman–Crippen MR) is 80.6 cm³/mol. The van der Waals surface area contributed by atoms with E-state index in [1.807, 2.05) is 23.9 Å². The zero-order chi connectivity index (χ0) is 13.6. The van der Waals surface area contributed by atoms with Crippen molar-refractivity contribution in [2.75, 3.05) is 19.4 Å². The fourth-order valence-electron chi connectivity index (χ4n) is 1.51. The van der Waals surface area contributed by atoms with Gasteiger partial charge in [-0.3, -0.25) is 0 Å². The minimum absolute atomic E-state index is 0.198. The fourth-order valence-corrected chi connectivity index (χ4v) is 2.56. The van der Waals surface area contributed by atoms with Crippen molar-refractivity contribution in [3.8, 4) is 5.75 Å². The van der Waals surface area contributed by atoms with Gasteiger partial charge in [-0.05, 0) is 45.4 Å². The summed E-state index contributed by atoms with van der Waals surface area (Å²) in [6, 6.07) is 8.20. The first-order valence-corrected chi connectivity index (χ1v) is 7.42. The minimum Gasteiger partial charge on any atom is -0.496 e. The molecule has 0 aliphatic heterocycles. The third-order valence-electron chi connectivity index (χ3n) is 2.57. The fraction of sp³-hybridized carbons (Fsp3) is 0.600. The highest BCUT2D eigenvalue weighted by molar-refractivity contribution is 7.99. The first-order valence-electron chi connectivity index (χ1n) is 6.43. The van der Waals surface area contributed by atoms with E-state index in [2.05, 4.69) is 45.1 Å². The summed E-state index contributed by atoms with van der Waals surface area (Å²) in [5.41, 5.74) is 0.198. The number of hydrogen-bond acceptors (Lipinski definition) is 3. The van der Waals surface area contributed by atoms with Gasteiger partial charge in [-0.25, -0.2) is 0 Å². The summed E-state index contributed by atoms with van der Waals surface area (Å²) < 4.78 is 5.36. The number of ether oxygens (including phenoxy) is 1. The van der Waals surface area contributed by atoms with E-state index in [1.165, 1.54) is 4.90 Å².